The van der Waals surface area contributed by atoms with Gasteiger partial charge in [0.15, 0.2) is 11.6 Å². The molecule has 4 nitrogen and oxygen atoms in total. The van der Waals surface area contributed by atoms with Crippen molar-refractivity contribution in [1.29, 1.82) is 0 Å². The Labute approximate surface area is 113 Å². The summed E-state index contributed by atoms with van der Waals surface area (Å²) in [5.41, 5.74) is 4.74. The van der Waals surface area contributed by atoms with Crippen LogP contribution in [0.15, 0.2) is 16.7 Å². The second kappa shape index (κ2) is 5.13. The Bertz CT molecular complexity index is 589. The molecule has 0 amide bonds. The fraction of sp³-hybridized carbons (Fsp3) is 0.467. The van der Waals surface area contributed by atoms with Gasteiger partial charge in [-0.25, -0.2) is 9.97 Å². The molecule has 0 atom stereocenters. The molecular formula is C15H19N3O. The lowest BCUT2D eigenvalue weighted by molar-refractivity contribution is 0.569. The average molecular weight is 257 g/mol. The zero-order valence-electron chi connectivity index (χ0n) is 11.5. The number of furan rings is 1. The number of rotatable bonds is 3. The zero-order chi connectivity index (χ0) is 13.2. The maximum atomic E-state index is 5.53. The van der Waals surface area contributed by atoms with Crippen molar-refractivity contribution >= 4 is 0 Å². The lowest BCUT2D eigenvalue weighted by Crippen LogP contribution is -2.26. The predicted molar refractivity (Wildman–Crippen MR) is 73.9 cm³/mol. The molecule has 0 fully saturated rings. The third-order valence-electron chi connectivity index (χ3n) is 3.57. The van der Waals surface area contributed by atoms with Crippen LogP contribution in [-0.4, -0.2) is 16.5 Å². The smallest absolute Gasteiger partial charge is 0.196 e. The molecule has 0 aromatic carbocycles. The zero-order valence-corrected chi connectivity index (χ0v) is 11.5. The molecule has 19 heavy (non-hydrogen) atoms. The van der Waals surface area contributed by atoms with Crippen LogP contribution in [0.25, 0.3) is 11.6 Å². The van der Waals surface area contributed by atoms with Gasteiger partial charge in [-0.05, 0) is 25.0 Å². The Morgan fingerprint density at radius 3 is 3.00 bits per heavy atom. The molecule has 0 spiro atoms. The van der Waals surface area contributed by atoms with Crippen molar-refractivity contribution in [2.45, 2.75) is 39.7 Å². The molecule has 1 aliphatic heterocycles. The summed E-state index contributed by atoms with van der Waals surface area (Å²) in [7, 11) is 0. The molecule has 0 saturated carbocycles. The topological polar surface area (TPSA) is 51.0 Å². The Morgan fingerprint density at radius 2 is 2.26 bits per heavy atom. The maximum absolute atomic E-state index is 5.53. The second-order valence-electron chi connectivity index (χ2n) is 5.03. The van der Waals surface area contributed by atoms with Crippen LogP contribution in [0.3, 0.4) is 0 Å². The molecule has 1 aliphatic rings. The lowest BCUT2D eigenvalue weighted by atomic mass is 10.0. The summed E-state index contributed by atoms with van der Waals surface area (Å²) in [6.07, 6.45) is 4.77. The summed E-state index contributed by atoms with van der Waals surface area (Å²) in [5, 5.41) is 3.40. The van der Waals surface area contributed by atoms with E-state index in [0.29, 0.717) is 0 Å². The van der Waals surface area contributed by atoms with Crippen molar-refractivity contribution in [1.82, 2.24) is 15.3 Å². The first-order chi connectivity index (χ1) is 9.29. The number of nitrogens with one attached hydrogen (secondary N) is 1. The summed E-state index contributed by atoms with van der Waals surface area (Å²) >= 11 is 0. The molecule has 100 valence electrons. The van der Waals surface area contributed by atoms with E-state index in [0.717, 1.165) is 49.5 Å². The van der Waals surface area contributed by atoms with E-state index < -0.39 is 0 Å². The largest absolute Gasteiger partial charge is 0.461 e. The van der Waals surface area contributed by atoms with Crippen LogP contribution in [0.2, 0.25) is 0 Å². The van der Waals surface area contributed by atoms with Crippen molar-refractivity contribution in [2.24, 2.45) is 0 Å². The lowest BCUT2D eigenvalue weighted by Gasteiger charge is -2.19. The van der Waals surface area contributed by atoms with Gasteiger partial charge in [0, 0.05) is 30.8 Å². The second-order valence-corrected chi connectivity index (χ2v) is 5.03. The third-order valence-corrected chi connectivity index (χ3v) is 3.57. The molecule has 4 heteroatoms. The molecular weight excluding hydrogens is 238 g/mol. The quantitative estimate of drug-likeness (QED) is 0.918. The van der Waals surface area contributed by atoms with Crippen LogP contribution in [0, 0.1) is 6.92 Å². The highest BCUT2D eigenvalue weighted by molar-refractivity contribution is 5.53. The Balaban J connectivity index is 2.11. The van der Waals surface area contributed by atoms with Crippen LogP contribution >= 0.6 is 0 Å². The van der Waals surface area contributed by atoms with Gasteiger partial charge < -0.3 is 9.73 Å². The summed E-state index contributed by atoms with van der Waals surface area (Å²) in [4.78, 5) is 9.45. The highest BCUT2D eigenvalue weighted by Gasteiger charge is 2.19. The third kappa shape index (κ3) is 2.28. The standard InChI is InChI=1S/C15H19N3O/c1-3-4-12-11-9-16-7-5-13(11)18-15(17-12)14-10(2)6-8-19-14/h6,8,16H,3-5,7,9H2,1-2H3. The highest BCUT2D eigenvalue weighted by Crippen LogP contribution is 2.25. The molecule has 0 radical (unpaired) electrons. The number of nitrogens with zero attached hydrogens (tertiary/aromatic N) is 2. The van der Waals surface area contributed by atoms with E-state index in [1.807, 2.05) is 13.0 Å². The van der Waals surface area contributed by atoms with Crippen LogP contribution in [0.1, 0.15) is 35.9 Å². The molecule has 1 N–H and O–H groups in total. The Morgan fingerprint density at radius 1 is 1.37 bits per heavy atom. The maximum Gasteiger partial charge on any atom is 0.196 e. The normalized spacial score (nSPS) is 14.4. The minimum atomic E-state index is 0.742. The van der Waals surface area contributed by atoms with Gasteiger partial charge in [-0.1, -0.05) is 13.3 Å². The molecule has 3 heterocycles. The van der Waals surface area contributed by atoms with Gasteiger partial charge in [0.2, 0.25) is 0 Å². The van der Waals surface area contributed by atoms with E-state index in [1.165, 1.54) is 17.0 Å². The molecule has 0 aliphatic carbocycles. The van der Waals surface area contributed by atoms with E-state index >= 15 is 0 Å². The van der Waals surface area contributed by atoms with Gasteiger partial charge in [0.1, 0.15) is 0 Å². The van der Waals surface area contributed by atoms with Crippen molar-refractivity contribution in [3.05, 3.63) is 34.8 Å². The Kier molecular flexibility index (Phi) is 3.34. The number of aryl methyl sites for hydroxylation is 2. The molecule has 0 saturated heterocycles. The van der Waals surface area contributed by atoms with E-state index in [-0.39, 0.29) is 0 Å². The number of aromatic nitrogens is 2. The van der Waals surface area contributed by atoms with E-state index in [2.05, 4.69) is 12.2 Å². The number of fused-ring (bicyclic) bond motifs is 1. The van der Waals surface area contributed by atoms with Crippen LogP contribution < -0.4 is 5.32 Å². The fourth-order valence-corrected chi connectivity index (χ4v) is 2.56. The molecule has 2 aromatic rings. The number of hydrogen-bond acceptors (Lipinski definition) is 4. The summed E-state index contributed by atoms with van der Waals surface area (Å²) in [5.74, 6) is 1.55. The molecule has 0 bridgehead atoms. The van der Waals surface area contributed by atoms with Crippen LogP contribution in [0.5, 0.6) is 0 Å². The summed E-state index contributed by atoms with van der Waals surface area (Å²) in [6.45, 7) is 6.10. The fourth-order valence-electron chi connectivity index (χ4n) is 2.56. The first kappa shape index (κ1) is 12.4. The van der Waals surface area contributed by atoms with Crippen LogP contribution in [-0.2, 0) is 19.4 Å². The van der Waals surface area contributed by atoms with Gasteiger partial charge in [-0.3, -0.25) is 0 Å². The van der Waals surface area contributed by atoms with E-state index in [4.69, 9.17) is 14.4 Å². The Hall–Kier alpha value is -1.68. The SMILES string of the molecule is CCCc1nc(-c2occc2C)nc2c1CNCC2. The van der Waals surface area contributed by atoms with Crippen molar-refractivity contribution in [3.63, 3.8) is 0 Å². The highest BCUT2D eigenvalue weighted by atomic mass is 16.3. The van der Waals surface area contributed by atoms with Crippen molar-refractivity contribution < 1.29 is 4.42 Å². The van der Waals surface area contributed by atoms with Gasteiger partial charge >= 0.3 is 0 Å². The van der Waals surface area contributed by atoms with Crippen molar-refractivity contribution in [2.75, 3.05) is 6.54 Å². The predicted octanol–water partition coefficient (Wildman–Crippen LogP) is 2.64. The van der Waals surface area contributed by atoms with Gasteiger partial charge in [-0.15, -0.1) is 0 Å². The average Bonchev–Trinajstić information content (AvgIpc) is 2.85. The summed E-state index contributed by atoms with van der Waals surface area (Å²) in [6, 6.07) is 1.96. The van der Waals surface area contributed by atoms with Gasteiger partial charge in [0.25, 0.3) is 0 Å². The molecule has 2 aromatic heterocycles. The monoisotopic (exact) mass is 257 g/mol. The first-order valence-electron chi connectivity index (χ1n) is 6.93. The van der Waals surface area contributed by atoms with E-state index in [9.17, 15) is 0 Å². The van der Waals surface area contributed by atoms with Gasteiger partial charge in [-0.2, -0.15) is 0 Å². The minimum absolute atomic E-state index is 0.742. The minimum Gasteiger partial charge on any atom is -0.461 e. The molecule has 3 rings (SSSR count). The van der Waals surface area contributed by atoms with Crippen LogP contribution in [0.4, 0.5) is 0 Å². The summed E-state index contributed by atoms with van der Waals surface area (Å²) < 4.78 is 5.53. The molecule has 0 unspecified atom stereocenters. The first-order valence-corrected chi connectivity index (χ1v) is 6.93. The van der Waals surface area contributed by atoms with E-state index in [1.54, 1.807) is 6.26 Å². The number of hydrogen-bond donors (Lipinski definition) is 1. The van der Waals surface area contributed by atoms with Crippen molar-refractivity contribution in [3.8, 4) is 11.6 Å². The van der Waals surface area contributed by atoms with Gasteiger partial charge in [0.05, 0.1) is 12.0 Å².